The lowest BCUT2D eigenvalue weighted by atomic mass is 9.99. The molecule has 0 aliphatic rings. The van der Waals surface area contributed by atoms with Gasteiger partial charge in [0.2, 0.25) is 17.8 Å². The lowest BCUT2D eigenvalue weighted by Gasteiger charge is -2.14. The van der Waals surface area contributed by atoms with Crippen LogP contribution in [0.5, 0.6) is 0 Å². The van der Waals surface area contributed by atoms with Crippen molar-refractivity contribution in [1.82, 2.24) is 43.6 Å². The van der Waals surface area contributed by atoms with Crippen LogP contribution in [0.3, 0.4) is 0 Å². The van der Waals surface area contributed by atoms with E-state index in [0.29, 0.717) is 23.4 Å². The van der Waals surface area contributed by atoms with Gasteiger partial charge in [0.05, 0.1) is 69.6 Å². The van der Waals surface area contributed by atoms with Crippen molar-refractivity contribution in [3.8, 4) is 51.6 Å². The van der Waals surface area contributed by atoms with E-state index in [1.165, 1.54) is 142 Å². The maximum Gasteiger partial charge on any atom is 0.236 e. The Balaban J connectivity index is 0.0000000989. The molecule has 29 aromatic rings. The van der Waals surface area contributed by atoms with Gasteiger partial charge < -0.3 is 4.42 Å². The average molecular weight is 1670 g/mol. The zero-order valence-electron chi connectivity index (χ0n) is 67.7. The van der Waals surface area contributed by atoms with Gasteiger partial charge in [-0.1, -0.05) is 334 Å². The molecule has 19 aromatic carbocycles. The second-order valence-electron chi connectivity index (χ2n) is 32.5. The molecule has 10 aromatic heterocycles. The number of rotatable bonds is 6. The Morgan fingerprint density at radius 3 is 0.992 bits per heavy atom. The lowest BCUT2D eigenvalue weighted by Crippen LogP contribution is -2.04. The molecule has 13 heteroatoms. The van der Waals surface area contributed by atoms with Gasteiger partial charge in [-0.05, 0) is 104 Å². The average Bonchev–Trinajstić information content (AvgIpc) is 1.54. The second kappa shape index (κ2) is 28.2. The summed E-state index contributed by atoms with van der Waals surface area (Å²) in [4.78, 5) is 31.9. The van der Waals surface area contributed by atoms with Crippen LogP contribution < -0.4 is 0 Å². The summed E-state index contributed by atoms with van der Waals surface area (Å²) in [6.07, 6.45) is 0. The van der Waals surface area contributed by atoms with Crippen molar-refractivity contribution in [3.63, 3.8) is 0 Å². The zero-order chi connectivity index (χ0) is 83.1. The van der Waals surface area contributed by atoms with Crippen molar-refractivity contribution < 1.29 is 4.42 Å². The van der Waals surface area contributed by atoms with Crippen molar-refractivity contribution in [1.29, 1.82) is 0 Å². The molecule has 0 bridgehead atoms. The Labute approximate surface area is 735 Å². The predicted molar refractivity (Wildman–Crippen MR) is 536 cm³/mol. The Morgan fingerprint density at radius 1 is 0.205 bits per heavy atom. The summed E-state index contributed by atoms with van der Waals surface area (Å²) in [6.45, 7) is 0. The van der Waals surface area contributed by atoms with Gasteiger partial charge in [-0.2, -0.15) is 0 Å². The van der Waals surface area contributed by atoms with Crippen molar-refractivity contribution in [3.05, 3.63) is 394 Å². The summed E-state index contributed by atoms with van der Waals surface area (Å²) in [7, 11) is 0. The van der Waals surface area contributed by atoms with Crippen molar-refractivity contribution >= 4 is 247 Å². The summed E-state index contributed by atoms with van der Waals surface area (Å²) >= 11 is 5.56. The van der Waals surface area contributed by atoms with Crippen LogP contribution in [0.4, 0.5) is 0 Å². The van der Waals surface area contributed by atoms with Crippen molar-refractivity contribution in [2.24, 2.45) is 0 Å². The van der Waals surface area contributed by atoms with Crippen LogP contribution in [0.15, 0.2) is 399 Å². The molecule has 10 heterocycles. The third-order valence-electron chi connectivity index (χ3n) is 25.6. The summed E-state index contributed by atoms with van der Waals surface area (Å²) in [6, 6.07) is 139. The highest BCUT2D eigenvalue weighted by atomic mass is 32.1. The molecule has 0 saturated carbocycles. The Kier molecular flexibility index (Phi) is 15.9. The molecule has 127 heavy (non-hydrogen) atoms. The van der Waals surface area contributed by atoms with E-state index < -0.39 is 0 Å². The van der Waals surface area contributed by atoms with Crippen LogP contribution in [0, 0.1) is 0 Å². The summed E-state index contributed by atoms with van der Waals surface area (Å²) in [5, 5.41) is 28.1. The minimum Gasteiger partial charge on any atom is -0.452 e. The molecule has 0 aliphatic heterocycles. The summed E-state index contributed by atoms with van der Waals surface area (Å²) < 4.78 is 20.9. The number of nitrogens with zero attached hydrogens (tertiary/aromatic N) is 9. The van der Waals surface area contributed by atoms with Crippen LogP contribution in [0.25, 0.3) is 265 Å². The van der Waals surface area contributed by atoms with E-state index in [1.54, 1.807) is 0 Å². The molecular weight excluding hydrogens is 1610 g/mol. The lowest BCUT2D eigenvalue weighted by molar-refractivity contribution is 0.666. The Bertz CT molecular complexity index is 9700. The molecule has 0 spiro atoms. The maximum absolute atomic E-state index is 6.42. The first-order chi connectivity index (χ1) is 63.1. The number of para-hydroxylation sites is 5. The first-order valence-electron chi connectivity index (χ1n) is 42.6. The fourth-order valence-electron chi connectivity index (χ4n) is 20.2. The standard InChI is InChI=1S/C40H23N3S.C38H21N3OS.C36H21N3S/c1-2-13-25(14-3-1)37-36-26-15-5-4-12-24(26)22-23-31(36)41-40(42-37)43-32-20-10-8-18-29(32)34-27-16-6-7-17-28(27)35-30-19-9-11-21-33(30)44-39(35)38(34)43;1-2-12-22(13-3-1)33-36-34(26-17-7-10-20-29(26)42-36)40-38(39-33)41-28-19-9-6-16-25(28)31-23-14-4-5-15-24(23)32-27-18-8-11-21-30(27)43-37(32)35(31)41;1-2-12-22(13-3-1)33-25-16-6-9-19-28(25)37-36(38-33)39-29-20-10-7-17-26(29)31-23-14-4-5-15-24(23)32-27-18-8-11-21-30(27)40-35(32)34(31)39/h1-23H;1-21H;1-21H. The quantitative estimate of drug-likeness (QED) is 0.153. The number of aromatic nitrogens is 9. The molecule has 10 nitrogen and oxygen atoms in total. The molecular formula is C114H65N9OS3. The van der Waals surface area contributed by atoms with Crippen LogP contribution >= 0.6 is 34.0 Å². The summed E-state index contributed by atoms with van der Waals surface area (Å²) in [5.74, 6) is 2.02. The molecule has 0 amide bonds. The van der Waals surface area contributed by atoms with E-state index in [0.717, 1.165) is 99.5 Å². The molecule has 590 valence electrons. The number of fused-ring (bicyclic) bond motifs is 37. The van der Waals surface area contributed by atoms with E-state index in [2.05, 4.69) is 366 Å². The van der Waals surface area contributed by atoms with Gasteiger partial charge in [0.15, 0.2) is 5.58 Å². The second-order valence-corrected chi connectivity index (χ2v) is 35.6. The first kappa shape index (κ1) is 71.4. The number of thiophene rings is 3. The molecule has 0 radical (unpaired) electrons. The van der Waals surface area contributed by atoms with Crippen LogP contribution in [0.2, 0.25) is 0 Å². The number of furan rings is 1. The highest BCUT2D eigenvalue weighted by Crippen LogP contribution is 2.53. The van der Waals surface area contributed by atoms with Gasteiger partial charge in [0.1, 0.15) is 16.8 Å². The van der Waals surface area contributed by atoms with Crippen molar-refractivity contribution in [2.75, 3.05) is 0 Å². The topological polar surface area (TPSA) is 105 Å². The van der Waals surface area contributed by atoms with Crippen LogP contribution in [0.1, 0.15) is 0 Å². The van der Waals surface area contributed by atoms with Gasteiger partial charge in [0, 0.05) is 112 Å². The Hall–Kier alpha value is -16.2. The molecule has 0 atom stereocenters. The summed E-state index contributed by atoms with van der Waals surface area (Å²) in [5.41, 5.74) is 16.8. The normalized spacial score (nSPS) is 12.1. The minimum atomic E-state index is 0.637. The highest BCUT2D eigenvalue weighted by Gasteiger charge is 2.30. The monoisotopic (exact) mass is 1670 g/mol. The minimum absolute atomic E-state index is 0.637. The van der Waals surface area contributed by atoms with Gasteiger partial charge in [-0.15, -0.1) is 34.0 Å². The van der Waals surface area contributed by atoms with Gasteiger partial charge >= 0.3 is 0 Å². The third kappa shape index (κ3) is 10.7. The molecule has 0 fully saturated rings. The smallest absolute Gasteiger partial charge is 0.236 e. The van der Waals surface area contributed by atoms with E-state index in [9.17, 15) is 0 Å². The Morgan fingerprint density at radius 2 is 0.528 bits per heavy atom. The van der Waals surface area contributed by atoms with Crippen LogP contribution in [-0.4, -0.2) is 43.6 Å². The highest BCUT2D eigenvalue weighted by molar-refractivity contribution is 7.28. The fourth-order valence-corrected chi connectivity index (χ4v) is 24.0. The van der Waals surface area contributed by atoms with E-state index in [1.807, 2.05) is 76.5 Å². The van der Waals surface area contributed by atoms with E-state index >= 15 is 0 Å². The molecule has 0 aliphatic carbocycles. The van der Waals surface area contributed by atoms with Crippen molar-refractivity contribution in [2.45, 2.75) is 0 Å². The van der Waals surface area contributed by atoms with Gasteiger partial charge in [0.25, 0.3) is 0 Å². The number of benzene rings is 19. The predicted octanol–water partition coefficient (Wildman–Crippen LogP) is 31.6. The van der Waals surface area contributed by atoms with Crippen LogP contribution in [-0.2, 0) is 0 Å². The molecule has 0 N–H and O–H groups in total. The van der Waals surface area contributed by atoms with E-state index in [4.69, 9.17) is 34.3 Å². The maximum atomic E-state index is 6.42. The SMILES string of the molecule is c1ccc(-c2nc(-n3c4ccccc4c4c5ccccc5c5c6ccccc6sc5c43)nc3c2oc2ccccc23)cc1.c1ccc(-c2nc(-n3c4ccccc4c4c5ccccc5c5c6ccccc6sc5c43)nc3ccc4ccccc4c23)cc1.c1ccc(-c2nc(-n3c4ccccc4c4c5ccccc5c5c6ccccc6sc5c43)nc3ccccc23)cc1. The van der Waals surface area contributed by atoms with Gasteiger partial charge in [-0.25, -0.2) is 29.9 Å². The molecule has 29 rings (SSSR count). The number of hydrogen-bond acceptors (Lipinski definition) is 10. The largest absolute Gasteiger partial charge is 0.452 e. The number of hydrogen-bond donors (Lipinski definition) is 0. The molecule has 0 unspecified atom stereocenters. The first-order valence-corrected chi connectivity index (χ1v) is 45.1. The fraction of sp³-hybridized carbons (Fsp3) is 0. The zero-order valence-corrected chi connectivity index (χ0v) is 70.1. The van der Waals surface area contributed by atoms with E-state index in [-0.39, 0.29) is 0 Å². The van der Waals surface area contributed by atoms with Gasteiger partial charge in [-0.3, -0.25) is 13.7 Å². The third-order valence-corrected chi connectivity index (χ3v) is 29.1. The molecule has 0 saturated heterocycles.